The van der Waals surface area contributed by atoms with E-state index < -0.39 is 0 Å². The lowest BCUT2D eigenvalue weighted by atomic mass is 10.1. The summed E-state index contributed by atoms with van der Waals surface area (Å²) in [5, 5.41) is 5.87. The van der Waals surface area contributed by atoms with Gasteiger partial charge in [0.1, 0.15) is 0 Å². The standard InChI is InChI=1S/C14H26N2O/c1-3-4-5-6-7-8-9-10-11-16-14(17)12-13(2)15-16/h3-12H2,1-2H3. The Kier molecular flexibility index (Phi) is 6.90. The van der Waals surface area contributed by atoms with Crippen LogP contribution in [0.25, 0.3) is 0 Å². The van der Waals surface area contributed by atoms with Gasteiger partial charge in [-0.1, -0.05) is 51.9 Å². The summed E-state index contributed by atoms with van der Waals surface area (Å²) in [5.74, 6) is 0.172. The molecule has 0 saturated heterocycles. The number of hydrogen-bond acceptors (Lipinski definition) is 2. The molecule has 0 bridgehead atoms. The van der Waals surface area contributed by atoms with Crippen molar-refractivity contribution in [3.05, 3.63) is 0 Å². The second-order valence-corrected chi connectivity index (χ2v) is 5.00. The Morgan fingerprint density at radius 3 is 2.18 bits per heavy atom. The molecule has 0 fully saturated rings. The Hall–Kier alpha value is -0.860. The first-order valence-corrected chi connectivity index (χ1v) is 7.08. The maximum Gasteiger partial charge on any atom is 0.248 e. The highest BCUT2D eigenvalue weighted by atomic mass is 16.2. The quantitative estimate of drug-likeness (QED) is 0.563. The van der Waals surface area contributed by atoms with E-state index in [9.17, 15) is 4.79 Å². The molecule has 1 amide bonds. The topological polar surface area (TPSA) is 32.7 Å². The molecule has 17 heavy (non-hydrogen) atoms. The first-order valence-electron chi connectivity index (χ1n) is 7.08. The van der Waals surface area contributed by atoms with Crippen molar-refractivity contribution in [1.82, 2.24) is 5.01 Å². The van der Waals surface area contributed by atoms with E-state index in [0.717, 1.165) is 18.7 Å². The Bertz CT molecular complexity index is 261. The van der Waals surface area contributed by atoms with Crippen molar-refractivity contribution in [2.75, 3.05) is 6.54 Å². The Morgan fingerprint density at radius 1 is 1.06 bits per heavy atom. The number of hydrogen-bond donors (Lipinski definition) is 0. The zero-order valence-corrected chi connectivity index (χ0v) is 11.4. The molecular weight excluding hydrogens is 212 g/mol. The van der Waals surface area contributed by atoms with Crippen molar-refractivity contribution in [3.8, 4) is 0 Å². The minimum atomic E-state index is 0.172. The molecule has 98 valence electrons. The number of unbranched alkanes of at least 4 members (excludes halogenated alkanes) is 7. The Balaban J connectivity index is 1.92. The van der Waals surface area contributed by atoms with Gasteiger partial charge in [0.25, 0.3) is 0 Å². The fourth-order valence-corrected chi connectivity index (χ4v) is 2.18. The molecule has 1 rings (SSSR count). The fourth-order valence-electron chi connectivity index (χ4n) is 2.18. The molecule has 0 spiro atoms. The van der Waals surface area contributed by atoms with Gasteiger partial charge in [-0.3, -0.25) is 4.79 Å². The lowest BCUT2D eigenvalue weighted by Crippen LogP contribution is -2.21. The number of amides is 1. The minimum Gasteiger partial charge on any atom is -0.273 e. The highest BCUT2D eigenvalue weighted by Crippen LogP contribution is 2.12. The molecule has 0 radical (unpaired) electrons. The van der Waals surface area contributed by atoms with Crippen molar-refractivity contribution < 1.29 is 4.79 Å². The number of carbonyl (C=O) groups excluding carboxylic acids is 1. The second-order valence-electron chi connectivity index (χ2n) is 5.00. The monoisotopic (exact) mass is 238 g/mol. The van der Waals surface area contributed by atoms with Crippen LogP contribution in [0.5, 0.6) is 0 Å². The highest BCUT2D eigenvalue weighted by Gasteiger charge is 2.19. The predicted octanol–water partition coefficient (Wildman–Crippen LogP) is 3.74. The van der Waals surface area contributed by atoms with E-state index in [-0.39, 0.29) is 5.91 Å². The van der Waals surface area contributed by atoms with E-state index >= 15 is 0 Å². The lowest BCUT2D eigenvalue weighted by Gasteiger charge is -2.10. The third kappa shape index (κ3) is 5.85. The maximum absolute atomic E-state index is 11.4. The first-order chi connectivity index (χ1) is 8.24. The fraction of sp³-hybridized carbons (Fsp3) is 0.857. The summed E-state index contributed by atoms with van der Waals surface area (Å²) in [4.78, 5) is 11.4. The average Bonchev–Trinajstić information content (AvgIpc) is 2.61. The second kappa shape index (κ2) is 8.26. The van der Waals surface area contributed by atoms with E-state index in [1.807, 2.05) is 6.92 Å². The Morgan fingerprint density at radius 2 is 1.65 bits per heavy atom. The molecule has 0 aromatic heterocycles. The van der Waals surface area contributed by atoms with Crippen molar-refractivity contribution in [2.45, 2.75) is 71.6 Å². The van der Waals surface area contributed by atoms with Crippen LogP contribution in [0.2, 0.25) is 0 Å². The molecule has 1 heterocycles. The van der Waals surface area contributed by atoms with Gasteiger partial charge in [0.05, 0.1) is 6.42 Å². The first kappa shape index (κ1) is 14.2. The SMILES string of the molecule is CCCCCCCCCCN1N=C(C)CC1=O. The number of nitrogens with zero attached hydrogens (tertiary/aromatic N) is 2. The molecule has 1 aliphatic rings. The number of rotatable bonds is 9. The molecule has 3 heteroatoms. The maximum atomic E-state index is 11.4. The highest BCUT2D eigenvalue weighted by molar-refractivity contribution is 6.03. The molecule has 3 nitrogen and oxygen atoms in total. The molecule has 0 aromatic carbocycles. The number of carbonyl (C=O) groups is 1. The minimum absolute atomic E-state index is 0.172. The van der Waals surface area contributed by atoms with Gasteiger partial charge in [-0.2, -0.15) is 5.10 Å². The molecule has 0 aromatic rings. The molecule has 0 aliphatic carbocycles. The summed E-state index contributed by atoms with van der Waals surface area (Å²) in [6.45, 7) is 4.98. The van der Waals surface area contributed by atoms with E-state index in [2.05, 4.69) is 12.0 Å². The van der Waals surface area contributed by atoms with Gasteiger partial charge in [0, 0.05) is 12.3 Å². The smallest absolute Gasteiger partial charge is 0.248 e. The van der Waals surface area contributed by atoms with E-state index in [1.54, 1.807) is 5.01 Å². The third-order valence-electron chi connectivity index (χ3n) is 3.21. The van der Waals surface area contributed by atoms with Crippen molar-refractivity contribution in [3.63, 3.8) is 0 Å². The van der Waals surface area contributed by atoms with Crippen molar-refractivity contribution >= 4 is 11.6 Å². The summed E-state index contributed by atoms with van der Waals surface area (Å²) < 4.78 is 0. The largest absolute Gasteiger partial charge is 0.273 e. The van der Waals surface area contributed by atoms with Crippen LogP contribution in [0.15, 0.2) is 5.10 Å². The molecule has 0 N–H and O–H groups in total. The van der Waals surface area contributed by atoms with Crippen molar-refractivity contribution in [1.29, 1.82) is 0 Å². The van der Waals surface area contributed by atoms with Gasteiger partial charge in [-0.25, -0.2) is 5.01 Å². The van der Waals surface area contributed by atoms with Crippen LogP contribution >= 0.6 is 0 Å². The van der Waals surface area contributed by atoms with Gasteiger partial charge in [0.2, 0.25) is 5.91 Å². The van der Waals surface area contributed by atoms with Gasteiger partial charge < -0.3 is 0 Å². The van der Waals surface area contributed by atoms with Crippen LogP contribution in [0, 0.1) is 0 Å². The van der Waals surface area contributed by atoms with E-state index in [1.165, 1.54) is 44.9 Å². The van der Waals surface area contributed by atoms with Crippen molar-refractivity contribution in [2.24, 2.45) is 5.10 Å². The van der Waals surface area contributed by atoms with Gasteiger partial charge >= 0.3 is 0 Å². The zero-order chi connectivity index (χ0) is 12.5. The molecule has 0 unspecified atom stereocenters. The van der Waals surface area contributed by atoms with Crippen LogP contribution < -0.4 is 0 Å². The average molecular weight is 238 g/mol. The lowest BCUT2D eigenvalue weighted by molar-refractivity contribution is -0.128. The number of hydrazone groups is 1. The van der Waals surface area contributed by atoms with E-state index in [0.29, 0.717) is 6.42 Å². The van der Waals surface area contributed by atoms with Gasteiger partial charge in [-0.05, 0) is 13.3 Å². The molecule has 1 aliphatic heterocycles. The summed E-state index contributed by atoms with van der Waals surface area (Å²) in [6.07, 6.45) is 10.9. The van der Waals surface area contributed by atoms with E-state index in [4.69, 9.17) is 0 Å². The summed E-state index contributed by atoms with van der Waals surface area (Å²) >= 11 is 0. The molecule has 0 saturated carbocycles. The van der Waals surface area contributed by atoms with Gasteiger partial charge in [-0.15, -0.1) is 0 Å². The molecule has 0 atom stereocenters. The molecular formula is C14H26N2O. The summed E-state index contributed by atoms with van der Waals surface area (Å²) in [5.41, 5.74) is 0.953. The van der Waals surface area contributed by atoms with Crippen LogP contribution in [0.4, 0.5) is 0 Å². The predicted molar refractivity (Wildman–Crippen MR) is 72.0 cm³/mol. The third-order valence-corrected chi connectivity index (χ3v) is 3.21. The van der Waals surface area contributed by atoms with Crippen LogP contribution in [-0.4, -0.2) is 23.2 Å². The van der Waals surface area contributed by atoms with Crippen LogP contribution in [-0.2, 0) is 4.79 Å². The van der Waals surface area contributed by atoms with Crippen LogP contribution in [0.1, 0.15) is 71.6 Å². The zero-order valence-electron chi connectivity index (χ0n) is 11.4. The summed E-state index contributed by atoms with van der Waals surface area (Å²) in [7, 11) is 0. The normalized spacial score (nSPS) is 15.5. The van der Waals surface area contributed by atoms with Crippen LogP contribution in [0.3, 0.4) is 0 Å². The Labute approximate surface area is 105 Å². The summed E-state index contributed by atoms with van der Waals surface area (Å²) in [6, 6.07) is 0. The van der Waals surface area contributed by atoms with Gasteiger partial charge in [0.15, 0.2) is 0 Å².